The second kappa shape index (κ2) is 13.3. The van der Waals surface area contributed by atoms with E-state index in [0.29, 0.717) is 5.92 Å². The van der Waals surface area contributed by atoms with E-state index in [1.807, 2.05) is 55.7 Å². The molecule has 1 aliphatic carbocycles. The van der Waals surface area contributed by atoms with Gasteiger partial charge >= 0.3 is 0 Å². The molecule has 3 nitrogen and oxygen atoms in total. The minimum absolute atomic E-state index is 0. The first-order valence-corrected chi connectivity index (χ1v) is 18.9. The number of aromatic nitrogens is 2. The average molecular weight is 773 g/mol. The van der Waals surface area contributed by atoms with Crippen molar-refractivity contribution >= 4 is 35.2 Å². The fourth-order valence-electron chi connectivity index (χ4n) is 6.30. The van der Waals surface area contributed by atoms with Crippen molar-refractivity contribution in [3.63, 3.8) is 0 Å². The molecular formula is C39H40IrN2OSi-2. The third-order valence-electron chi connectivity index (χ3n) is 8.95. The second-order valence-electron chi connectivity index (χ2n) is 13.2. The van der Waals surface area contributed by atoms with Gasteiger partial charge in [-0.1, -0.05) is 86.4 Å². The van der Waals surface area contributed by atoms with Gasteiger partial charge < -0.3 is 14.4 Å². The Morgan fingerprint density at radius 3 is 2.27 bits per heavy atom. The van der Waals surface area contributed by atoms with Crippen molar-refractivity contribution < 1.29 is 24.5 Å². The van der Waals surface area contributed by atoms with Gasteiger partial charge in [-0.15, -0.1) is 53.2 Å². The van der Waals surface area contributed by atoms with Gasteiger partial charge in [0.2, 0.25) is 0 Å². The number of benzene rings is 3. The monoisotopic (exact) mass is 773 g/mol. The number of rotatable bonds is 4. The molecule has 7 rings (SSSR count). The topological polar surface area (TPSA) is 38.9 Å². The van der Waals surface area contributed by atoms with E-state index < -0.39 is 8.07 Å². The summed E-state index contributed by atoms with van der Waals surface area (Å²) in [6.07, 6.45) is 6.37. The number of furan rings is 1. The van der Waals surface area contributed by atoms with Gasteiger partial charge in [0.25, 0.3) is 0 Å². The molecule has 44 heavy (non-hydrogen) atoms. The summed E-state index contributed by atoms with van der Waals surface area (Å²) in [7, 11) is -1.56. The van der Waals surface area contributed by atoms with E-state index >= 15 is 0 Å². The number of hydrogen-bond acceptors (Lipinski definition) is 3. The number of fused-ring (bicyclic) bond motifs is 3. The second-order valence-corrected chi connectivity index (χ2v) is 18.3. The molecule has 0 bridgehead atoms. The first-order chi connectivity index (χ1) is 20.7. The Balaban J connectivity index is 0.000000230. The molecular weight excluding hydrogens is 733 g/mol. The SMILES string of the molecule is CC1CC(c2ccnc(-c3[c-]cc([Si](C)(C)C)c4c3oc3ccccc34)c2)CC1C.Cc1ccc(-c2[c-]cccc2)nc1.[Ir]. The molecule has 6 aromatic rings. The van der Waals surface area contributed by atoms with Crippen LogP contribution in [-0.4, -0.2) is 18.0 Å². The van der Waals surface area contributed by atoms with E-state index in [-0.39, 0.29) is 20.1 Å². The van der Waals surface area contributed by atoms with Gasteiger partial charge in [0.15, 0.2) is 0 Å². The molecule has 2 unspecified atom stereocenters. The summed E-state index contributed by atoms with van der Waals surface area (Å²) in [5, 5.41) is 3.87. The first kappa shape index (κ1) is 32.0. The van der Waals surface area contributed by atoms with Crippen LogP contribution >= 0.6 is 0 Å². The predicted molar refractivity (Wildman–Crippen MR) is 182 cm³/mol. The number of hydrogen-bond donors (Lipinski definition) is 0. The Morgan fingerprint density at radius 2 is 1.59 bits per heavy atom. The van der Waals surface area contributed by atoms with Gasteiger partial charge in [0.1, 0.15) is 5.58 Å². The zero-order valence-corrected chi connectivity index (χ0v) is 29.8. The molecule has 3 aromatic heterocycles. The van der Waals surface area contributed by atoms with Crippen LogP contribution in [0.3, 0.4) is 0 Å². The molecule has 2 atom stereocenters. The zero-order valence-electron chi connectivity index (χ0n) is 26.4. The summed E-state index contributed by atoms with van der Waals surface area (Å²) in [5.74, 6) is 2.21. The molecule has 5 heteroatoms. The molecule has 1 fully saturated rings. The third kappa shape index (κ3) is 6.66. The molecule has 227 valence electrons. The third-order valence-corrected chi connectivity index (χ3v) is 11.0. The Hall–Kier alpha value is -3.37. The molecule has 3 heterocycles. The smallest absolute Gasteiger partial charge is 0.120 e. The van der Waals surface area contributed by atoms with E-state index in [2.05, 4.69) is 93.1 Å². The van der Waals surface area contributed by atoms with Crippen LogP contribution < -0.4 is 5.19 Å². The van der Waals surface area contributed by atoms with Crippen molar-refractivity contribution in [3.05, 3.63) is 115 Å². The van der Waals surface area contributed by atoms with Gasteiger partial charge in [-0.25, -0.2) is 0 Å². The summed E-state index contributed by atoms with van der Waals surface area (Å²) in [5.41, 5.74) is 8.46. The van der Waals surface area contributed by atoms with E-state index in [9.17, 15) is 0 Å². The summed E-state index contributed by atoms with van der Waals surface area (Å²) in [6.45, 7) is 14.0. The van der Waals surface area contributed by atoms with Gasteiger partial charge in [-0.3, -0.25) is 0 Å². The molecule has 0 amide bonds. The molecule has 0 N–H and O–H groups in total. The van der Waals surface area contributed by atoms with Crippen molar-refractivity contribution in [2.75, 3.05) is 0 Å². The van der Waals surface area contributed by atoms with Crippen LogP contribution in [0, 0.1) is 30.9 Å². The maximum atomic E-state index is 6.42. The van der Waals surface area contributed by atoms with E-state index in [4.69, 9.17) is 9.40 Å². The zero-order chi connectivity index (χ0) is 30.1. The fourth-order valence-corrected chi connectivity index (χ4v) is 7.80. The van der Waals surface area contributed by atoms with Gasteiger partial charge in [-0.05, 0) is 66.6 Å². The molecule has 0 aliphatic heterocycles. The Labute approximate surface area is 276 Å². The van der Waals surface area contributed by atoms with Crippen molar-refractivity contribution in [3.8, 4) is 22.5 Å². The van der Waals surface area contributed by atoms with Gasteiger partial charge in [-0.2, -0.15) is 0 Å². The maximum Gasteiger partial charge on any atom is 0.120 e. The van der Waals surface area contributed by atoms with E-state index in [1.165, 1.54) is 39.9 Å². The fraction of sp³-hybridized carbons (Fsp3) is 0.282. The van der Waals surface area contributed by atoms with Crippen molar-refractivity contribution in [2.45, 2.75) is 59.2 Å². The van der Waals surface area contributed by atoms with Crippen LogP contribution in [0.5, 0.6) is 0 Å². The largest absolute Gasteiger partial charge is 0.501 e. The standard InChI is InChI=1S/C27H30NOSi.C12H10N.Ir/c1-17-14-20(15-18(17)2)19-12-13-28-23(16-19)21-10-11-25(30(3,4)5)26-22-8-6-7-9-24(22)29-27(21)26;1-10-7-8-12(13-9-10)11-5-3-2-4-6-11;/h6-9,11-13,16-18,20H,14-15H2,1-5H3;2-5,7-9H,1H3;/q2*-1;. The van der Waals surface area contributed by atoms with Crippen LogP contribution in [0.2, 0.25) is 19.6 Å². The summed E-state index contributed by atoms with van der Waals surface area (Å²) < 4.78 is 6.42. The van der Waals surface area contributed by atoms with Crippen LogP contribution in [-0.2, 0) is 20.1 Å². The number of nitrogens with zero attached hydrogens (tertiary/aromatic N) is 2. The Kier molecular flexibility index (Phi) is 9.70. The number of aryl methyl sites for hydroxylation is 1. The average Bonchev–Trinajstić information content (AvgIpc) is 3.57. The molecule has 1 aliphatic rings. The molecule has 0 spiro atoms. The predicted octanol–water partition coefficient (Wildman–Crippen LogP) is 10.00. The summed E-state index contributed by atoms with van der Waals surface area (Å²) >= 11 is 0. The van der Waals surface area contributed by atoms with E-state index in [1.54, 1.807) is 0 Å². The van der Waals surface area contributed by atoms with Crippen LogP contribution in [0.1, 0.15) is 43.7 Å². The number of pyridine rings is 2. The van der Waals surface area contributed by atoms with E-state index in [0.717, 1.165) is 45.5 Å². The molecule has 1 radical (unpaired) electrons. The van der Waals surface area contributed by atoms with Crippen LogP contribution in [0.4, 0.5) is 0 Å². The number of para-hydroxylation sites is 1. The van der Waals surface area contributed by atoms with Crippen LogP contribution in [0.15, 0.2) is 95.7 Å². The molecule has 0 saturated heterocycles. The minimum Gasteiger partial charge on any atom is -0.501 e. The molecule has 3 aromatic carbocycles. The van der Waals surface area contributed by atoms with Crippen LogP contribution in [0.25, 0.3) is 44.5 Å². The first-order valence-electron chi connectivity index (χ1n) is 15.4. The van der Waals surface area contributed by atoms with Gasteiger partial charge in [0, 0.05) is 46.0 Å². The van der Waals surface area contributed by atoms with Gasteiger partial charge in [0.05, 0.1) is 5.58 Å². The molecule has 1 saturated carbocycles. The summed E-state index contributed by atoms with van der Waals surface area (Å²) in [6, 6.07) is 33.7. The van der Waals surface area contributed by atoms with Crippen molar-refractivity contribution in [1.82, 2.24) is 9.97 Å². The summed E-state index contributed by atoms with van der Waals surface area (Å²) in [4.78, 5) is 9.07. The van der Waals surface area contributed by atoms with Crippen molar-refractivity contribution in [2.24, 2.45) is 11.8 Å². The quantitative estimate of drug-likeness (QED) is 0.132. The Bertz CT molecular complexity index is 1850. The minimum atomic E-state index is -1.56. The van der Waals surface area contributed by atoms with Crippen molar-refractivity contribution in [1.29, 1.82) is 0 Å². The Morgan fingerprint density at radius 1 is 0.841 bits per heavy atom. The maximum absolute atomic E-state index is 6.42. The normalized spacial score (nSPS) is 18.1.